The van der Waals surface area contributed by atoms with Crippen molar-refractivity contribution in [3.05, 3.63) is 46.0 Å². The molecular formula is C21H24O7. The third-order valence-corrected chi connectivity index (χ3v) is 4.36. The predicted octanol–water partition coefficient (Wildman–Crippen LogP) is 3.90. The summed E-state index contributed by atoms with van der Waals surface area (Å²) < 4.78 is 10.4. The average molecular weight is 388 g/mol. The minimum absolute atomic E-state index is 0.00892. The van der Waals surface area contributed by atoms with Crippen LogP contribution in [-0.4, -0.2) is 33.9 Å². The smallest absolute Gasteiger partial charge is 0.347 e. The van der Waals surface area contributed by atoms with Gasteiger partial charge in [-0.1, -0.05) is 13.3 Å². The van der Waals surface area contributed by atoms with Gasteiger partial charge in [0.25, 0.3) is 0 Å². The highest BCUT2D eigenvalue weighted by atomic mass is 16.5. The first-order chi connectivity index (χ1) is 13.2. The van der Waals surface area contributed by atoms with Crippen LogP contribution in [0, 0.1) is 20.8 Å². The maximum absolute atomic E-state index is 12.5. The van der Waals surface area contributed by atoms with E-state index in [1.807, 2.05) is 6.92 Å². The number of hydrogen-bond acceptors (Lipinski definition) is 7. The standard InChI is InChI=1S/C21H24O7/c1-5-6-7-27-20(25)17-11(2)8-14(10-16(17)23)28-21(26)18-12(3)9-15(22)13(4)19(18)24/h8-10,22-24H,5-7H2,1-4H3. The van der Waals surface area contributed by atoms with E-state index in [4.69, 9.17) is 9.47 Å². The Morgan fingerprint density at radius 1 is 0.893 bits per heavy atom. The minimum atomic E-state index is -0.852. The number of ether oxygens (including phenoxy) is 2. The number of carbonyl (C=O) groups is 2. The first-order valence-electron chi connectivity index (χ1n) is 8.92. The van der Waals surface area contributed by atoms with Gasteiger partial charge in [-0.25, -0.2) is 9.59 Å². The number of aryl methyl sites for hydroxylation is 2. The lowest BCUT2D eigenvalue weighted by Crippen LogP contribution is -2.12. The molecule has 0 unspecified atom stereocenters. The first-order valence-corrected chi connectivity index (χ1v) is 8.92. The van der Waals surface area contributed by atoms with Gasteiger partial charge >= 0.3 is 11.9 Å². The summed E-state index contributed by atoms with van der Waals surface area (Å²) in [6.07, 6.45) is 1.59. The van der Waals surface area contributed by atoms with Crippen molar-refractivity contribution in [1.29, 1.82) is 0 Å². The highest BCUT2D eigenvalue weighted by molar-refractivity contribution is 5.97. The van der Waals surface area contributed by atoms with Crippen LogP contribution in [0.4, 0.5) is 0 Å². The monoisotopic (exact) mass is 388 g/mol. The Morgan fingerprint density at radius 2 is 1.54 bits per heavy atom. The number of phenols is 3. The summed E-state index contributed by atoms with van der Waals surface area (Å²) in [4.78, 5) is 24.6. The molecule has 0 fully saturated rings. The van der Waals surface area contributed by atoms with Crippen LogP contribution in [0.25, 0.3) is 0 Å². The normalized spacial score (nSPS) is 10.6. The van der Waals surface area contributed by atoms with Crippen LogP contribution in [0.2, 0.25) is 0 Å². The molecule has 0 heterocycles. The summed E-state index contributed by atoms with van der Waals surface area (Å²) >= 11 is 0. The van der Waals surface area contributed by atoms with Crippen LogP contribution >= 0.6 is 0 Å². The highest BCUT2D eigenvalue weighted by Gasteiger charge is 2.23. The molecule has 0 aliphatic heterocycles. The molecule has 0 aromatic heterocycles. The van der Waals surface area contributed by atoms with Crippen molar-refractivity contribution >= 4 is 11.9 Å². The van der Waals surface area contributed by atoms with E-state index in [0.717, 1.165) is 18.9 Å². The highest BCUT2D eigenvalue weighted by Crippen LogP contribution is 2.34. The zero-order valence-electron chi connectivity index (χ0n) is 16.3. The number of rotatable bonds is 6. The number of unbranched alkanes of at least 4 members (excludes halogenated alkanes) is 1. The van der Waals surface area contributed by atoms with Gasteiger partial charge in [-0.3, -0.25) is 0 Å². The minimum Gasteiger partial charge on any atom is -0.508 e. The molecule has 0 saturated heterocycles. The van der Waals surface area contributed by atoms with Crippen molar-refractivity contribution in [3.63, 3.8) is 0 Å². The summed E-state index contributed by atoms with van der Waals surface area (Å²) in [6.45, 7) is 6.82. The molecule has 2 aromatic rings. The predicted molar refractivity (Wildman–Crippen MR) is 102 cm³/mol. The lowest BCUT2D eigenvalue weighted by atomic mass is 10.0. The molecule has 3 N–H and O–H groups in total. The molecule has 2 aromatic carbocycles. The van der Waals surface area contributed by atoms with Crippen LogP contribution in [0.3, 0.4) is 0 Å². The molecule has 0 atom stereocenters. The van der Waals surface area contributed by atoms with Gasteiger partial charge in [-0.2, -0.15) is 0 Å². The van der Waals surface area contributed by atoms with Crippen molar-refractivity contribution < 1.29 is 34.4 Å². The Bertz CT molecular complexity index is 892. The maximum atomic E-state index is 12.5. The van der Waals surface area contributed by atoms with Gasteiger partial charge in [0.1, 0.15) is 34.1 Å². The Kier molecular flexibility index (Phi) is 6.51. The fraction of sp³-hybridized carbons (Fsp3) is 0.333. The molecule has 150 valence electrons. The van der Waals surface area contributed by atoms with Crippen LogP contribution < -0.4 is 4.74 Å². The molecule has 0 radical (unpaired) electrons. The number of benzene rings is 2. The molecule has 0 amide bonds. The van der Waals surface area contributed by atoms with Crippen LogP contribution in [0.1, 0.15) is 57.2 Å². The van der Waals surface area contributed by atoms with E-state index in [9.17, 15) is 24.9 Å². The molecule has 7 heteroatoms. The van der Waals surface area contributed by atoms with Crippen molar-refractivity contribution in [3.8, 4) is 23.0 Å². The summed E-state index contributed by atoms with van der Waals surface area (Å²) in [7, 11) is 0. The van der Waals surface area contributed by atoms with Crippen LogP contribution in [0.5, 0.6) is 23.0 Å². The number of aromatic hydroxyl groups is 3. The summed E-state index contributed by atoms with van der Waals surface area (Å²) in [5.41, 5.74) is 0.794. The van der Waals surface area contributed by atoms with Gasteiger partial charge in [0, 0.05) is 11.6 Å². The number of esters is 2. The summed E-state index contributed by atoms with van der Waals surface area (Å²) in [5, 5.41) is 30.1. The van der Waals surface area contributed by atoms with Gasteiger partial charge in [-0.05, 0) is 50.5 Å². The second kappa shape index (κ2) is 8.65. The molecule has 0 saturated carbocycles. The second-order valence-corrected chi connectivity index (χ2v) is 6.57. The molecular weight excluding hydrogens is 364 g/mol. The summed E-state index contributed by atoms with van der Waals surface area (Å²) in [6, 6.07) is 3.92. The van der Waals surface area contributed by atoms with Crippen molar-refractivity contribution in [1.82, 2.24) is 0 Å². The molecule has 0 spiro atoms. The maximum Gasteiger partial charge on any atom is 0.347 e. The Morgan fingerprint density at radius 3 is 2.14 bits per heavy atom. The second-order valence-electron chi connectivity index (χ2n) is 6.57. The van der Waals surface area contributed by atoms with Crippen molar-refractivity contribution in [2.24, 2.45) is 0 Å². The van der Waals surface area contributed by atoms with Gasteiger partial charge < -0.3 is 24.8 Å². The zero-order valence-corrected chi connectivity index (χ0v) is 16.3. The molecule has 2 rings (SSSR count). The molecule has 0 aliphatic rings. The molecule has 28 heavy (non-hydrogen) atoms. The van der Waals surface area contributed by atoms with E-state index in [-0.39, 0.29) is 46.3 Å². The first kappa shape index (κ1) is 21.1. The Hall–Kier alpha value is -3.22. The van der Waals surface area contributed by atoms with E-state index in [2.05, 4.69) is 0 Å². The largest absolute Gasteiger partial charge is 0.508 e. The van der Waals surface area contributed by atoms with E-state index in [1.54, 1.807) is 13.8 Å². The van der Waals surface area contributed by atoms with Gasteiger partial charge in [-0.15, -0.1) is 0 Å². The van der Waals surface area contributed by atoms with Crippen LogP contribution in [0.15, 0.2) is 18.2 Å². The lowest BCUT2D eigenvalue weighted by Gasteiger charge is -2.14. The molecule has 7 nitrogen and oxygen atoms in total. The fourth-order valence-electron chi connectivity index (χ4n) is 2.74. The third kappa shape index (κ3) is 4.36. The lowest BCUT2D eigenvalue weighted by molar-refractivity contribution is 0.0495. The molecule has 0 aliphatic carbocycles. The topological polar surface area (TPSA) is 113 Å². The van der Waals surface area contributed by atoms with E-state index in [0.29, 0.717) is 11.1 Å². The average Bonchev–Trinajstić information content (AvgIpc) is 2.59. The molecule has 0 bridgehead atoms. The van der Waals surface area contributed by atoms with Crippen molar-refractivity contribution in [2.75, 3.05) is 6.61 Å². The SMILES string of the molecule is CCCCOC(=O)c1c(C)cc(OC(=O)c2c(C)cc(O)c(C)c2O)cc1O. The third-order valence-electron chi connectivity index (χ3n) is 4.36. The number of hydrogen-bond donors (Lipinski definition) is 3. The quantitative estimate of drug-likeness (QED) is 0.391. The van der Waals surface area contributed by atoms with Crippen molar-refractivity contribution in [2.45, 2.75) is 40.5 Å². The Labute approximate surface area is 163 Å². The Balaban J connectivity index is 2.28. The van der Waals surface area contributed by atoms with E-state index in [1.165, 1.54) is 19.1 Å². The van der Waals surface area contributed by atoms with E-state index >= 15 is 0 Å². The summed E-state index contributed by atoms with van der Waals surface area (Å²) in [5.74, 6) is -2.37. The van der Waals surface area contributed by atoms with Gasteiger partial charge in [0.15, 0.2) is 0 Å². The van der Waals surface area contributed by atoms with Crippen LogP contribution in [-0.2, 0) is 4.74 Å². The fourth-order valence-corrected chi connectivity index (χ4v) is 2.74. The number of carbonyl (C=O) groups excluding carboxylic acids is 2. The zero-order chi connectivity index (χ0) is 21.0. The van der Waals surface area contributed by atoms with Gasteiger partial charge in [0.2, 0.25) is 0 Å². The van der Waals surface area contributed by atoms with Gasteiger partial charge in [0.05, 0.1) is 6.61 Å². The number of phenolic OH excluding ortho intramolecular Hbond substituents is 3. The van der Waals surface area contributed by atoms with E-state index < -0.39 is 11.9 Å².